The number of nitrogens with zero attached hydrogens (tertiary/aromatic N) is 3. The highest BCUT2D eigenvalue weighted by Crippen LogP contribution is 2.25. The Labute approximate surface area is 152 Å². The lowest BCUT2D eigenvalue weighted by atomic mass is 10.2. The summed E-state index contributed by atoms with van der Waals surface area (Å²) in [7, 11) is 0. The molecule has 2 amide bonds. The maximum Gasteiger partial charge on any atom is 0.329 e. The van der Waals surface area contributed by atoms with Crippen molar-refractivity contribution >= 4 is 34.5 Å². The second kappa shape index (κ2) is 7.99. The molecular weight excluding hydrogens is 354 g/mol. The first-order chi connectivity index (χ1) is 12.6. The summed E-state index contributed by atoms with van der Waals surface area (Å²) < 4.78 is 0. The molecule has 0 aliphatic rings. The fourth-order valence-electron chi connectivity index (χ4n) is 1.93. The van der Waals surface area contributed by atoms with Gasteiger partial charge in [-0.2, -0.15) is 5.10 Å². The predicted octanol–water partition coefficient (Wildman–Crippen LogP) is 2.00. The number of anilines is 1. The molecule has 0 bridgehead atoms. The molecule has 1 aromatic heterocycles. The summed E-state index contributed by atoms with van der Waals surface area (Å²) in [6.45, 7) is 0. The minimum Gasteiger partial charge on any atom is -0.507 e. The van der Waals surface area contributed by atoms with Crippen LogP contribution in [-0.2, 0) is 9.59 Å². The van der Waals surface area contributed by atoms with Crippen LogP contribution in [0.1, 0.15) is 5.56 Å². The summed E-state index contributed by atoms with van der Waals surface area (Å²) in [6, 6.07) is 15.8. The van der Waals surface area contributed by atoms with Crippen LogP contribution in [0.2, 0.25) is 0 Å². The van der Waals surface area contributed by atoms with Crippen molar-refractivity contribution < 1.29 is 14.7 Å². The van der Waals surface area contributed by atoms with Crippen molar-refractivity contribution in [2.45, 2.75) is 0 Å². The van der Waals surface area contributed by atoms with Gasteiger partial charge >= 0.3 is 11.8 Å². The van der Waals surface area contributed by atoms with Gasteiger partial charge in [0.15, 0.2) is 0 Å². The molecule has 9 heteroatoms. The molecule has 130 valence electrons. The second-order valence-electron chi connectivity index (χ2n) is 4.99. The summed E-state index contributed by atoms with van der Waals surface area (Å²) in [6.07, 6.45) is 1.24. The van der Waals surface area contributed by atoms with E-state index in [4.69, 9.17) is 0 Å². The Morgan fingerprint density at radius 2 is 1.73 bits per heavy atom. The molecule has 3 rings (SSSR count). The number of aromatic hydroxyl groups is 1. The Kier molecular flexibility index (Phi) is 5.30. The minimum atomic E-state index is -0.965. The van der Waals surface area contributed by atoms with Crippen LogP contribution >= 0.6 is 11.3 Å². The molecule has 0 aliphatic carbocycles. The highest BCUT2D eigenvalue weighted by Gasteiger charge is 2.16. The van der Waals surface area contributed by atoms with Crippen molar-refractivity contribution in [3.63, 3.8) is 0 Å². The lowest BCUT2D eigenvalue weighted by Crippen LogP contribution is -2.32. The first kappa shape index (κ1) is 17.2. The van der Waals surface area contributed by atoms with Crippen molar-refractivity contribution in [2.75, 3.05) is 5.32 Å². The van der Waals surface area contributed by atoms with Gasteiger partial charge in [0.05, 0.1) is 6.21 Å². The molecule has 26 heavy (non-hydrogen) atoms. The largest absolute Gasteiger partial charge is 0.507 e. The van der Waals surface area contributed by atoms with Crippen LogP contribution in [0.25, 0.3) is 10.6 Å². The number of aromatic nitrogens is 2. The van der Waals surface area contributed by atoms with E-state index in [9.17, 15) is 14.7 Å². The second-order valence-corrected chi connectivity index (χ2v) is 5.97. The Hall–Kier alpha value is -3.59. The molecule has 0 atom stereocenters. The fraction of sp³-hybridized carbons (Fsp3) is 0. The summed E-state index contributed by atoms with van der Waals surface area (Å²) >= 11 is 1.15. The molecule has 0 unspecified atom stereocenters. The number of carbonyl (C=O) groups excluding carboxylic acids is 2. The zero-order chi connectivity index (χ0) is 18.4. The molecule has 3 aromatic rings. The number of benzene rings is 2. The average molecular weight is 367 g/mol. The Morgan fingerprint density at radius 3 is 2.50 bits per heavy atom. The third kappa shape index (κ3) is 4.28. The molecular formula is C17H13N5O3S. The van der Waals surface area contributed by atoms with Crippen LogP contribution in [0, 0.1) is 0 Å². The number of carbonyl (C=O) groups is 2. The highest BCUT2D eigenvalue weighted by molar-refractivity contribution is 7.18. The zero-order valence-corrected chi connectivity index (χ0v) is 14.1. The van der Waals surface area contributed by atoms with E-state index in [1.807, 2.05) is 30.3 Å². The van der Waals surface area contributed by atoms with Crippen LogP contribution in [0.5, 0.6) is 5.75 Å². The highest BCUT2D eigenvalue weighted by atomic mass is 32.1. The third-order valence-electron chi connectivity index (χ3n) is 3.18. The van der Waals surface area contributed by atoms with E-state index < -0.39 is 11.8 Å². The quantitative estimate of drug-likeness (QED) is 0.370. The normalized spacial score (nSPS) is 10.6. The van der Waals surface area contributed by atoms with Gasteiger partial charge in [0.1, 0.15) is 10.8 Å². The van der Waals surface area contributed by atoms with Gasteiger partial charge in [0.2, 0.25) is 5.13 Å². The van der Waals surface area contributed by atoms with E-state index >= 15 is 0 Å². The number of phenols is 1. The maximum absolute atomic E-state index is 11.9. The smallest absolute Gasteiger partial charge is 0.329 e. The van der Waals surface area contributed by atoms with Gasteiger partial charge in [-0.15, -0.1) is 10.2 Å². The Balaban J connectivity index is 1.57. The Bertz CT molecular complexity index is 956. The molecule has 0 saturated heterocycles. The first-order valence-corrected chi connectivity index (χ1v) is 8.26. The van der Waals surface area contributed by atoms with Gasteiger partial charge in [-0.25, -0.2) is 5.43 Å². The van der Waals surface area contributed by atoms with Gasteiger partial charge in [0, 0.05) is 11.1 Å². The number of phenolic OH excluding ortho intramolecular Hbond substituents is 1. The van der Waals surface area contributed by atoms with E-state index in [-0.39, 0.29) is 10.9 Å². The first-order valence-electron chi connectivity index (χ1n) is 7.45. The number of nitrogens with one attached hydrogen (secondary N) is 2. The monoisotopic (exact) mass is 367 g/mol. The summed E-state index contributed by atoms with van der Waals surface area (Å²) in [5.74, 6) is -1.87. The molecule has 0 aliphatic heterocycles. The van der Waals surface area contributed by atoms with Crippen LogP contribution in [-0.4, -0.2) is 33.3 Å². The molecule has 0 fully saturated rings. The molecule has 8 nitrogen and oxygen atoms in total. The molecule has 0 spiro atoms. The van der Waals surface area contributed by atoms with Crippen LogP contribution < -0.4 is 10.7 Å². The van der Waals surface area contributed by atoms with Crippen LogP contribution in [0.15, 0.2) is 59.7 Å². The van der Waals surface area contributed by atoms with Gasteiger partial charge in [-0.05, 0) is 12.1 Å². The Morgan fingerprint density at radius 1 is 1.00 bits per heavy atom. The number of hydrazone groups is 1. The maximum atomic E-state index is 11.9. The van der Waals surface area contributed by atoms with Gasteiger partial charge in [0.25, 0.3) is 0 Å². The number of rotatable bonds is 4. The predicted molar refractivity (Wildman–Crippen MR) is 97.8 cm³/mol. The molecule has 1 heterocycles. The molecule has 0 radical (unpaired) electrons. The van der Waals surface area contributed by atoms with E-state index in [1.165, 1.54) is 12.3 Å². The summed E-state index contributed by atoms with van der Waals surface area (Å²) in [5, 5.41) is 24.2. The lowest BCUT2D eigenvalue weighted by Gasteiger charge is -2.00. The van der Waals surface area contributed by atoms with E-state index in [1.54, 1.807) is 18.2 Å². The van der Waals surface area contributed by atoms with E-state index in [0.29, 0.717) is 10.6 Å². The summed E-state index contributed by atoms with van der Waals surface area (Å²) in [4.78, 5) is 23.6. The lowest BCUT2D eigenvalue weighted by molar-refractivity contribution is -0.136. The van der Waals surface area contributed by atoms with Gasteiger partial charge in [-0.1, -0.05) is 53.8 Å². The topological polar surface area (TPSA) is 117 Å². The van der Waals surface area contributed by atoms with E-state index in [2.05, 4.69) is 26.0 Å². The number of hydrogen-bond acceptors (Lipinski definition) is 7. The van der Waals surface area contributed by atoms with Crippen molar-refractivity contribution in [1.29, 1.82) is 0 Å². The van der Waals surface area contributed by atoms with Crippen molar-refractivity contribution in [3.8, 4) is 16.3 Å². The van der Waals surface area contributed by atoms with Crippen molar-refractivity contribution in [1.82, 2.24) is 15.6 Å². The van der Waals surface area contributed by atoms with Crippen molar-refractivity contribution in [2.24, 2.45) is 5.10 Å². The molecule has 2 aromatic carbocycles. The fourth-order valence-corrected chi connectivity index (χ4v) is 2.68. The summed E-state index contributed by atoms with van der Waals surface area (Å²) in [5.41, 5.74) is 3.35. The molecule has 0 saturated carbocycles. The molecule has 3 N–H and O–H groups in total. The van der Waals surface area contributed by atoms with Gasteiger partial charge in [-0.3, -0.25) is 14.9 Å². The number of hydrogen-bond donors (Lipinski definition) is 3. The number of amides is 2. The van der Waals surface area contributed by atoms with Crippen LogP contribution in [0.4, 0.5) is 5.13 Å². The average Bonchev–Trinajstić information content (AvgIpc) is 3.12. The minimum absolute atomic E-state index is 0.0113. The zero-order valence-electron chi connectivity index (χ0n) is 13.3. The third-order valence-corrected chi connectivity index (χ3v) is 4.07. The number of para-hydroxylation sites is 1. The SMILES string of the molecule is O=C(NN=Cc1ccccc1O)C(=O)Nc1nnc(-c2ccccc2)s1. The van der Waals surface area contributed by atoms with Crippen molar-refractivity contribution in [3.05, 3.63) is 60.2 Å². The van der Waals surface area contributed by atoms with Crippen LogP contribution in [0.3, 0.4) is 0 Å². The van der Waals surface area contributed by atoms with Gasteiger partial charge < -0.3 is 5.11 Å². The standard InChI is InChI=1S/C17H13N5O3S/c23-13-9-5-4-8-12(13)10-18-20-15(25)14(24)19-17-22-21-16(26-17)11-6-2-1-3-7-11/h1-10,23H,(H,20,25)(H,19,22,24). The van der Waals surface area contributed by atoms with E-state index in [0.717, 1.165) is 16.9 Å².